The highest BCUT2D eigenvalue weighted by molar-refractivity contribution is 5.84. The molecule has 5 nitrogen and oxygen atoms in total. The smallest absolute Gasteiger partial charge is 0.254 e. The number of amides is 1. The number of carbonyl (C=O) groups excluding carboxylic acids is 1. The molecule has 0 aromatic carbocycles. The molecular formula is C10H21N3O2. The number of methoxy groups -OCH3 is 1. The zero-order valence-corrected chi connectivity index (χ0v) is 9.75. The molecule has 3 N–H and O–H groups in total. The fourth-order valence-corrected chi connectivity index (χ4v) is 1.67. The Morgan fingerprint density at radius 1 is 1.67 bits per heavy atom. The van der Waals surface area contributed by atoms with E-state index in [0.717, 1.165) is 13.1 Å². The molecule has 1 amide bonds. The van der Waals surface area contributed by atoms with Crippen molar-refractivity contribution in [3.63, 3.8) is 0 Å². The van der Waals surface area contributed by atoms with Gasteiger partial charge in [0.1, 0.15) is 5.60 Å². The Morgan fingerprint density at radius 2 is 2.33 bits per heavy atom. The summed E-state index contributed by atoms with van der Waals surface area (Å²) in [6.45, 7) is 6.34. The third kappa shape index (κ3) is 2.68. The molecule has 0 saturated carbocycles. The monoisotopic (exact) mass is 215 g/mol. The molecule has 1 aliphatic rings. The van der Waals surface area contributed by atoms with Crippen LogP contribution in [0, 0.1) is 0 Å². The van der Waals surface area contributed by atoms with E-state index in [2.05, 4.69) is 5.32 Å². The molecule has 0 aromatic rings. The molecule has 1 unspecified atom stereocenters. The number of rotatable bonds is 3. The molecule has 0 bridgehead atoms. The first-order valence-corrected chi connectivity index (χ1v) is 5.30. The van der Waals surface area contributed by atoms with E-state index in [0.29, 0.717) is 13.1 Å². The van der Waals surface area contributed by atoms with E-state index in [-0.39, 0.29) is 11.9 Å². The van der Waals surface area contributed by atoms with Crippen molar-refractivity contribution in [1.82, 2.24) is 10.2 Å². The van der Waals surface area contributed by atoms with E-state index in [1.54, 1.807) is 21.0 Å². The van der Waals surface area contributed by atoms with Crippen LogP contribution in [0.3, 0.4) is 0 Å². The third-order valence-corrected chi connectivity index (χ3v) is 2.91. The highest BCUT2D eigenvalue weighted by atomic mass is 16.5. The SMILES string of the molecule is COC(C)(C)C(=O)N1CCNCC1CN. The molecule has 1 fully saturated rings. The Morgan fingerprint density at radius 3 is 2.87 bits per heavy atom. The standard InChI is InChI=1S/C10H21N3O2/c1-10(2,15-3)9(14)13-5-4-12-7-8(13)6-11/h8,12H,4-7,11H2,1-3H3. The van der Waals surface area contributed by atoms with Crippen molar-refractivity contribution in [3.05, 3.63) is 0 Å². The second-order valence-corrected chi connectivity index (χ2v) is 4.31. The number of ether oxygens (including phenoxy) is 1. The van der Waals surface area contributed by atoms with Gasteiger partial charge in [-0.1, -0.05) is 0 Å². The molecule has 1 atom stereocenters. The van der Waals surface area contributed by atoms with Crippen LogP contribution in [0.5, 0.6) is 0 Å². The topological polar surface area (TPSA) is 67.6 Å². The maximum absolute atomic E-state index is 12.1. The minimum atomic E-state index is -0.759. The quantitative estimate of drug-likeness (QED) is 0.645. The summed E-state index contributed by atoms with van der Waals surface area (Å²) in [6, 6.07) is 0.0840. The van der Waals surface area contributed by atoms with Gasteiger partial charge in [0.25, 0.3) is 5.91 Å². The number of hydrogen-bond donors (Lipinski definition) is 2. The zero-order valence-electron chi connectivity index (χ0n) is 9.75. The number of piperazine rings is 1. The molecule has 0 aliphatic carbocycles. The van der Waals surface area contributed by atoms with E-state index >= 15 is 0 Å². The van der Waals surface area contributed by atoms with Gasteiger partial charge < -0.3 is 20.7 Å². The summed E-state index contributed by atoms with van der Waals surface area (Å²) in [5.41, 5.74) is 4.88. The molecule has 1 aliphatic heterocycles. The van der Waals surface area contributed by atoms with Crippen molar-refractivity contribution in [2.24, 2.45) is 5.73 Å². The Balaban J connectivity index is 2.72. The van der Waals surface area contributed by atoms with Crippen LogP contribution in [-0.4, -0.2) is 55.7 Å². The normalized spacial score (nSPS) is 22.9. The lowest BCUT2D eigenvalue weighted by Gasteiger charge is -2.39. The third-order valence-electron chi connectivity index (χ3n) is 2.91. The summed E-state index contributed by atoms with van der Waals surface area (Å²) in [6.07, 6.45) is 0. The fourth-order valence-electron chi connectivity index (χ4n) is 1.67. The molecule has 0 aromatic heterocycles. The van der Waals surface area contributed by atoms with Crippen LogP contribution in [0.2, 0.25) is 0 Å². The van der Waals surface area contributed by atoms with Crippen LogP contribution in [-0.2, 0) is 9.53 Å². The first kappa shape index (κ1) is 12.4. The van der Waals surface area contributed by atoms with Gasteiger partial charge in [0.2, 0.25) is 0 Å². The van der Waals surface area contributed by atoms with Crippen LogP contribution in [0.25, 0.3) is 0 Å². The van der Waals surface area contributed by atoms with Crippen molar-refractivity contribution in [3.8, 4) is 0 Å². The van der Waals surface area contributed by atoms with Crippen LogP contribution < -0.4 is 11.1 Å². The van der Waals surface area contributed by atoms with Crippen LogP contribution in [0.15, 0.2) is 0 Å². The highest BCUT2D eigenvalue weighted by Gasteiger charge is 2.35. The van der Waals surface area contributed by atoms with Crippen molar-refractivity contribution in [1.29, 1.82) is 0 Å². The molecule has 1 rings (SSSR count). The zero-order chi connectivity index (χ0) is 11.5. The molecular weight excluding hydrogens is 194 g/mol. The van der Waals surface area contributed by atoms with Gasteiger partial charge in [0, 0.05) is 33.3 Å². The van der Waals surface area contributed by atoms with Gasteiger partial charge in [-0.2, -0.15) is 0 Å². The number of nitrogens with one attached hydrogen (secondary N) is 1. The second-order valence-electron chi connectivity index (χ2n) is 4.31. The van der Waals surface area contributed by atoms with Gasteiger partial charge in [0.05, 0.1) is 6.04 Å². The predicted octanol–water partition coefficient (Wildman–Crippen LogP) is -0.829. The fraction of sp³-hybridized carbons (Fsp3) is 0.900. The van der Waals surface area contributed by atoms with Crippen LogP contribution in [0.4, 0.5) is 0 Å². The van der Waals surface area contributed by atoms with Crippen molar-refractivity contribution >= 4 is 5.91 Å². The Labute approximate surface area is 90.9 Å². The van der Waals surface area contributed by atoms with E-state index in [4.69, 9.17) is 10.5 Å². The van der Waals surface area contributed by atoms with Gasteiger partial charge in [0.15, 0.2) is 0 Å². The lowest BCUT2D eigenvalue weighted by atomic mass is 10.0. The first-order valence-electron chi connectivity index (χ1n) is 5.30. The molecule has 0 radical (unpaired) electrons. The van der Waals surface area contributed by atoms with Crippen LogP contribution >= 0.6 is 0 Å². The minimum absolute atomic E-state index is 0.0157. The average molecular weight is 215 g/mol. The Hall–Kier alpha value is -0.650. The Bertz CT molecular complexity index is 231. The molecule has 1 saturated heterocycles. The number of nitrogens with two attached hydrogens (primary N) is 1. The largest absolute Gasteiger partial charge is 0.369 e. The van der Waals surface area contributed by atoms with Gasteiger partial charge in [-0.15, -0.1) is 0 Å². The van der Waals surface area contributed by atoms with E-state index in [1.165, 1.54) is 0 Å². The van der Waals surface area contributed by atoms with Crippen molar-refractivity contribution in [2.75, 3.05) is 33.3 Å². The highest BCUT2D eigenvalue weighted by Crippen LogP contribution is 2.15. The van der Waals surface area contributed by atoms with Gasteiger partial charge >= 0.3 is 0 Å². The van der Waals surface area contributed by atoms with E-state index in [1.807, 2.05) is 4.90 Å². The van der Waals surface area contributed by atoms with Gasteiger partial charge in [-0.05, 0) is 13.8 Å². The summed E-state index contributed by atoms with van der Waals surface area (Å²) < 4.78 is 5.19. The second kappa shape index (κ2) is 4.92. The Kier molecular flexibility index (Phi) is 4.07. The van der Waals surface area contributed by atoms with Gasteiger partial charge in [-0.3, -0.25) is 4.79 Å². The summed E-state index contributed by atoms with van der Waals surface area (Å²) in [4.78, 5) is 14.0. The predicted molar refractivity (Wildman–Crippen MR) is 58.5 cm³/mol. The summed E-state index contributed by atoms with van der Waals surface area (Å²) >= 11 is 0. The molecule has 1 heterocycles. The summed E-state index contributed by atoms with van der Waals surface area (Å²) in [5, 5.41) is 3.23. The molecule has 5 heteroatoms. The molecule has 0 spiro atoms. The molecule has 15 heavy (non-hydrogen) atoms. The maximum Gasteiger partial charge on any atom is 0.254 e. The lowest BCUT2D eigenvalue weighted by Crippen LogP contribution is -2.60. The number of hydrogen-bond acceptors (Lipinski definition) is 4. The van der Waals surface area contributed by atoms with E-state index in [9.17, 15) is 4.79 Å². The average Bonchev–Trinajstić information content (AvgIpc) is 2.28. The summed E-state index contributed by atoms with van der Waals surface area (Å²) in [5.74, 6) is 0.0157. The maximum atomic E-state index is 12.1. The number of nitrogens with zero attached hydrogens (tertiary/aromatic N) is 1. The first-order chi connectivity index (χ1) is 7.03. The van der Waals surface area contributed by atoms with E-state index < -0.39 is 5.60 Å². The van der Waals surface area contributed by atoms with Crippen molar-refractivity contribution in [2.45, 2.75) is 25.5 Å². The van der Waals surface area contributed by atoms with Crippen molar-refractivity contribution < 1.29 is 9.53 Å². The lowest BCUT2D eigenvalue weighted by molar-refractivity contribution is -0.154. The summed E-state index contributed by atoms with van der Waals surface area (Å²) in [7, 11) is 1.55. The van der Waals surface area contributed by atoms with Gasteiger partial charge in [-0.25, -0.2) is 0 Å². The number of carbonyl (C=O) groups is 1. The molecule has 88 valence electrons. The van der Waals surface area contributed by atoms with Crippen LogP contribution in [0.1, 0.15) is 13.8 Å². The minimum Gasteiger partial charge on any atom is -0.369 e.